The fraction of sp³-hybridized carbons (Fsp3) is 0.714. The third kappa shape index (κ3) is 3.43. The van der Waals surface area contributed by atoms with Crippen LogP contribution in [-0.4, -0.2) is 39.6 Å². The van der Waals surface area contributed by atoms with E-state index in [0.717, 1.165) is 14.2 Å². The van der Waals surface area contributed by atoms with E-state index in [4.69, 9.17) is 0 Å². The van der Waals surface area contributed by atoms with E-state index >= 15 is 0 Å². The van der Waals surface area contributed by atoms with Crippen molar-refractivity contribution in [2.75, 3.05) is 14.2 Å². The van der Waals surface area contributed by atoms with Gasteiger partial charge in [-0.1, -0.05) is 0 Å². The van der Waals surface area contributed by atoms with Crippen molar-refractivity contribution in [3.63, 3.8) is 0 Å². The molecule has 1 unspecified atom stereocenters. The van der Waals surface area contributed by atoms with Gasteiger partial charge < -0.3 is 4.74 Å². The standard InChI is InChI=1S/C7H12O6S/c1-5(8)4-6(7(9)12-2)14(10,11)13-3/h6H,4H2,1-3H3. The van der Waals surface area contributed by atoms with Crippen LogP contribution in [0.25, 0.3) is 0 Å². The van der Waals surface area contributed by atoms with Crippen LogP contribution in [-0.2, 0) is 28.6 Å². The Morgan fingerprint density at radius 2 is 1.79 bits per heavy atom. The molecule has 0 radical (unpaired) electrons. The second-order valence-electron chi connectivity index (χ2n) is 2.58. The minimum atomic E-state index is -4.06. The lowest BCUT2D eigenvalue weighted by molar-refractivity contribution is -0.141. The molecule has 82 valence electrons. The zero-order chi connectivity index (χ0) is 11.4. The normalized spacial score (nSPS) is 13.4. The minimum Gasteiger partial charge on any atom is -0.468 e. The molecule has 0 bridgehead atoms. The second kappa shape index (κ2) is 5.06. The number of carbonyl (C=O) groups is 2. The van der Waals surface area contributed by atoms with Gasteiger partial charge in [0.2, 0.25) is 0 Å². The number of esters is 1. The first-order valence-corrected chi connectivity index (χ1v) is 5.19. The van der Waals surface area contributed by atoms with Crippen molar-refractivity contribution in [2.45, 2.75) is 18.6 Å². The Bertz CT molecular complexity index is 317. The highest BCUT2D eigenvalue weighted by atomic mass is 32.2. The first-order chi connectivity index (χ1) is 6.35. The smallest absolute Gasteiger partial charge is 0.327 e. The van der Waals surface area contributed by atoms with E-state index < -0.39 is 33.5 Å². The minimum absolute atomic E-state index is 0.430. The van der Waals surface area contributed by atoms with Crippen LogP contribution in [0.15, 0.2) is 0 Å². The Balaban J connectivity index is 4.91. The predicted molar refractivity (Wildman–Crippen MR) is 47.0 cm³/mol. The van der Waals surface area contributed by atoms with Crippen molar-refractivity contribution < 1.29 is 26.9 Å². The lowest BCUT2D eigenvalue weighted by Crippen LogP contribution is -2.33. The summed E-state index contributed by atoms with van der Waals surface area (Å²) in [6.07, 6.45) is -0.442. The topological polar surface area (TPSA) is 86.7 Å². The van der Waals surface area contributed by atoms with Gasteiger partial charge in [-0.3, -0.25) is 13.8 Å². The average molecular weight is 224 g/mol. The van der Waals surface area contributed by atoms with E-state index in [2.05, 4.69) is 8.92 Å². The van der Waals surface area contributed by atoms with Gasteiger partial charge in [-0.05, 0) is 6.92 Å². The Morgan fingerprint density at radius 1 is 1.29 bits per heavy atom. The van der Waals surface area contributed by atoms with Crippen LogP contribution in [0, 0.1) is 0 Å². The van der Waals surface area contributed by atoms with E-state index in [0.29, 0.717) is 0 Å². The van der Waals surface area contributed by atoms with Crippen molar-refractivity contribution in [3.05, 3.63) is 0 Å². The van der Waals surface area contributed by atoms with E-state index in [1.807, 2.05) is 0 Å². The van der Waals surface area contributed by atoms with Gasteiger partial charge in [0.1, 0.15) is 5.78 Å². The highest BCUT2D eigenvalue weighted by molar-refractivity contribution is 7.88. The molecule has 0 fully saturated rings. The van der Waals surface area contributed by atoms with Crippen molar-refractivity contribution in [1.29, 1.82) is 0 Å². The van der Waals surface area contributed by atoms with Crippen LogP contribution in [0.3, 0.4) is 0 Å². The van der Waals surface area contributed by atoms with Crippen molar-refractivity contribution in [3.8, 4) is 0 Å². The molecule has 6 nitrogen and oxygen atoms in total. The summed E-state index contributed by atoms with van der Waals surface area (Å²) in [5, 5.41) is -1.57. The maximum absolute atomic E-state index is 11.2. The van der Waals surface area contributed by atoms with E-state index in [1.165, 1.54) is 6.92 Å². The molecule has 0 heterocycles. The van der Waals surface area contributed by atoms with E-state index in [9.17, 15) is 18.0 Å². The highest BCUT2D eigenvalue weighted by Gasteiger charge is 2.34. The summed E-state index contributed by atoms with van der Waals surface area (Å²) in [7, 11) is -2.10. The molecule has 1 atom stereocenters. The van der Waals surface area contributed by atoms with Gasteiger partial charge in [-0.15, -0.1) is 0 Å². The zero-order valence-electron chi connectivity index (χ0n) is 8.14. The summed E-state index contributed by atoms with van der Waals surface area (Å²) in [5.41, 5.74) is 0. The third-order valence-corrected chi connectivity index (χ3v) is 3.04. The number of Topliss-reactive ketones (excluding diaryl/α,β-unsaturated/α-hetero) is 1. The molecule has 14 heavy (non-hydrogen) atoms. The Labute approximate surface area is 82.3 Å². The first kappa shape index (κ1) is 13.1. The first-order valence-electron chi connectivity index (χ1n) is 3.72. The fourth-order valence-corrected chi connectivity index (χ4v) is 1.81. The highest BCUT2D eigenvalue weighted by Crippen LogP contribution is 2.10. The Morgan fingerprint density at radius 3 is 2.07 bits per heavy atom. The van der Waals surface area contributed by atoms with Gasteiger partial charge in [-0.25, -0.2) is 0 Å². The molecular weight excluding hydrogens is 212 g/mol. The molecule has 0 aliphatic heterocycles. The predicted octanol–water partition coefficient (Wildman–Crippen LogP) is -0.517. The lowest BCUT2D eigenvalue weighted by Gasteiger charge is -2.11. The molecule has 0 aliphatic carbocycles. The number of ether oxygens (including phenoxy) is 1. The van der Waals surface area contributed by atoms with Gasteiger partial charge >= 0.3 is 5.97 Å². The lowest BCUT2D eigenvalue weighted by atomic mass is 10.2. The average Bonchev–Trinajstić information content (AvgIpc) is 2.12. The fourth-order valence-electron chi connectivity index (χ4n) is 0.812. The van der Waals surface area contributed by atoms with Crippen molar-refractivity contribution in [2.24, 2.45) is 0 Å². The maximum atomic E-state index is 11.2. The molecule has 0 rings (SSSR count). The van der Waals surface area contributed by atoms with Crippen LogP contribution in [0.4, 0.5) is 0 Å². The summed E-state index contributed by atoms with van der Waals surface area (Å²) in [4.78, 5) is 21.7. The SMILES string of the molecule is COC(=O)C(CC(C)=O)S(=O)(=O)OC. The van der Waals surface area contributed by atoms with Crippen LogP contribution in [0.5, 0.6) is 0 Å². The summed E-state index contributed by atoms with van der Waals surface area (Å²) in [6.45, 7) is 1.18. The number of hydrogen-bond donors (Lipinski definition) is 0. The molecular formula is C7H12O6S. The third-order valence-electron chi connectivity index (χ3n) is 1.52. The van der Waals surface area contributed by atoms with Crippen LogP contribution in [0.2, 0.25) is 0 Å². The van der Waals surface area contributed by atoms with Gasteiger partial charge in [0.15, 0.2) is 5.25 Å². The maximum Gasteiger partial charge on any atom is 0.327 e. The summed E-state index contributed by atoms with van der Waals surface area (Å²) < 4.78 is 30.7. The quantitative estimate of drug-likeness (QED) is 0.461. The largest absolute Gasteiger partial charge is 0.468 e. The molecule has 0 spiro atoms. The number of rotatable bonds is 5. The molecule has 0 aromatic carbocycles. The van der Waals surface area contributed by atoms with Gasteiger partial charge in [-0.2, -0.15) is 8.42 Å². The van der Waals surface area contributed by atoms with Gasteiger partial charge in [0.25, 0.3) is 10.1 Å². The molecule has 0 aromatic rings. The number of carbonyl (C=O) groups excluding carboxylic acids is 2. The number of methoxy groups -OCH3 is 1. The van der Waals surface area contributed by atoms with Crippen LogP contribution < -0.4 is 0 Å². The van der Waals surface area contributed by atoms with Crippen molar-refractivity contribution in [1.82, 2.24) is 0 Å². The molecule has 7 heteroatoms. The van der Waals surface area contributed by atoms with Crippen LogP contribution in [0.1, 0.15) is 13.3 Å². The molecule has 0 aromatic heterocycles. The molecule has 0 saturated carbocycles. The summed E-state index contributed by atoms with van der Waals surface area (Å²) in [5.74, 6) is -1.43. The molecule has 0 amide bonds. The monoisotopic (exact) mass is 224 g/mol. The van der Waals surface area contributed by atoms with E-state index in [-0.39, 0.29) is 0 Å². The number of hydrogen-bond acceptors (Lipinski definition) is 6. The second-order valence-corrected chi connectivity index (χ2v) is 4.47. The summed E-state index contributed by atoms with van der Waals surface area (Å²) in [6, 6.07) is 0. The molecule has 0 aliphatic rings. The van der Waals surface area contributed by atoms with Gasteiger partial charge in [0.05, 0.1) is 14.2 Å². The Kier molecular flexibility index (Phi) is 4.72. The van der Waals surface area contributed by atoms with Crippen LogP contribution >= 0.6 is 0 Å². The zero-order valence-corrected chi connectivity index (χ0v) is 8.96. The van der Waals surface area contributed by atoms with E-state index in [1.54, 1.807) is 0 Å². The van der Waals surface area contributed by atoms with Crippen molar-refractivity contribution >= 4 is 21.9 Å². The van der Waals surface area contributed by atoms with Gasteiger partial charge in [0, 0.05) is 6.42 Å². The number of ketones is 1. The summed E-state index contributed by atoms with van der Waals surface area (Å²) >= 11 is 0. The Hall–Kier alpha value is -0.950. The molecule has 0 N–H and O–H groups in total. The molecule has 0 saturated heterocycles.